The van der Waals surface area contributed by atoms with Crippen molar-refractivity contribution in [3.05, 3.63) is 77.5 Å². The molecule has 4 aromatic rings. The zero-order valence-corrected chi connectivity index (χ0v) is 17.2. The molecular weight excluding hydrogens is 403 g/mol. The Hall–Kier alpha value is -3.55. The molecule has 0 saturated heterocycles. The second kappa shape index (κ2) is 7.94. The largest absolute Gasteiger partial charge is 0.416 e. The molecule has 0 amide bonds. The molecule has 31 heavy (non-hydrogen) atoms. The number of anilines is 1. The van der Waals surface area contributed by atoms with E-state index in [0.717, 1.165) is 17.2 Å². The SMILES string of the molecule is Cc1nc(N[C@H](C)c2cccc(C(F)(F)F)c2C)c2cc(-c3cccnc3)cnc2n1. The quantitative estimate of drug-likeness (QED) is 0.443. The van der Waals surface area contributed by atoms with E-state index < -0.39 is 17.8 Å². The first kappa shape index (κ1) is 20.7. The average Bonchev–Trinajstić information content (AvgIpc) is 2.73. The van der Waals surface area contributed by atoms with Crippen molar-refractivity contribution in [3.8, 4) is 11.1 Å². The van der Waals surface area contributed by atoms with Crippen LogP contribution in [0, 0.1) is 13.8 Å². The first-order valence-corrected chi connectivity index (χ1v) is 9.72. The van der Waals surface area contributed by atoms with E-state index in [-0.39, 0.29) is 5.56 Å². The Morgan fingerprint density at radius 2 is 1.77 bits per heavy atom. The van der Waals surface area contributed by atoms with Crippen LogP contribution in [0.15, 0.2) is 55.0 Å². The predicted molar refractivity (Wildman–Crippen MR) is 114 cm³/mol. The minimum absolute atomic E-state index is 0.194. The van der Waals surface area contributed by atoms with Crippen molar-refractivity contribution in [1.82, 2.24) is 19.9 Å². The number of hydrogen-bond acceptors (Lipinski definition) is 5. The number of benzene rings is 1. The molecule has 4 rings (SSSR count). The summed E-state index contributed by atoms with van der Waals surface area (Å²) in [6.07, 6.45) is 0.743. The molecular formula is C23H20F3N5. The normalized spacial score (nSPS) is 12.7. The number of fused-ring (bicyclic) bond motifs is 1. The summed E-state index contributed by atoms with van der Waals surface area (Å²) in [7, 11) is 0. The minimum atomic E-state index is -4.40. The lowest BCUT2D eigenvalue weighted by Crippen LogP contribution is -2.14. The molecule has 0 aliphatic carbocycles. The molecule has 3 heterocycles. The van der Waals surface area contributed by atoms with Crippen molar-refractivity contribution >= 4 is 16.9 Å². The van der Waals surface area contributed by atoms with Gasteiger partial charge in [-0.05, 0) is 50.1 Å². The predicted octanol–water partition coefficient (Wildman–Crippen LogP) is 5.90. The van der Waals surface area contributed by atoms with E-state index in [4.69, 9.17) is 0 Å². The standard InChI is InChI=1S/C23H20F3N5/c1-13-18(7-4-8-20(13)23(24,25)26)14(2)29-22-19-10-17(16-6-5-9-27-11-16)12-28-21(19)30-15(3)31-22/h4-12,14H,1-3H3,(H,28,29,30,31)/t14-/m1/s1. The maximum absolute atomic E-state index is 13.3. The van der Waals surface area contributed by atoms with Crippen molar-refractivity contribution in [2.75, 3.05) is 5.32 Å². The minimum Gasteiger partial charge on any atom is -0.363 e. The van der Waals surface area contributed by atoms with E-state index in [1.165, 1.54) is 13.0 Å². The van der Waals surface area contributed by atoms with Crippen LogP contribution in [0.1, 0.15) is 35.5 Å². The first-order valence-electron chi connectivity index (χ1n) is 9.72. The summed E-state index contributed by atoms with van der Waals surface area (Å²) in [4.78, 5) is 17.5. The zero-order chi connectivity index (χ0) is 22.2. The number of hydrogen-bond donors (Lipinski definition) is 1. The number of rotatable bonds is 4. The third-order valence-electron chi connectivity index (χ3n) is 5.16. The summed E-state index contributed by atoms with van der Waals surface area (Å²) < 4.78 is 40.0. The first-order chi connectivity index (χ1) is 14.7. The number of aryl methyl sites for hydroxylation is 1. The summed E-state index contributed by atoms with van der Waals surface area (Å²) in [6, 6.07) is 9.47. The van der Waals surface area contributed by atoms with Gasteiger partial charge in [0.1, 0.15) is 11.6 Å². The van der Waals surface area contributed by atoms with Crippen LogP contribution in [-0.2, 0) is 6.18 Å². The Morgan fingerprint density at radius 1 is 0.968 bits per heavy atom. The highest BCUT2D eigenvalue weighted by molar-refractivity contribution is 5.90. The zero-order valence-electron chi connectivity index (χ0n) is 17.2. The number of halogens is 3. The van der Waals surface area contributed by atoms with E-state index in [1.54, 1.807) is 31.6 Å². The van der Waals surface area contributed by atoms with Gasteiger partial charge < -0.3 is 5.32 Å². The van der Waals surface area contributed by atoms with E-state index in [2.05, 4.69) is 25.3 Å². The fourth-order valence-corrected chi connectivity index (χ4v) is 3.64. The van der Waals surface area contributed by atoms with Gasteiger partial charge >= 0.3 is 6.18 Å². The topological polar surface area (TPSA) is 63.6 Å². The van der Waals surface area contributed by atoms with E-state index in [9.17, 15) is 13.2 Å². The molecule has 0 saturated carbocycles. The monoisotopic (exact) mass is 423 g/mol. The molecule has 5 nitrogen and oxygen atoms in total. The lowest BCUT2D eigenvalue weighted by molar-refractivity contribution is -0.138. The van der Waals surface area contributed by atoms with Crippen LogP contribution < -0.4 is 5.32 Å². The maximum atomic E-state index is 13.3. The number of nitrogens with one attached hydrogen (secondary N) is 1. The molecule has 8 heteroatoms. The van der Waals surface area contributed by atoms with Gasteiger partial charge in [-0.1, -0.05) is 18.2 Å². The second-order valence-corrected chi connectivity index (χ2v) is 7.34. The summed E-state index contributed by atoms with van der Waals surface area (Å²) >= 11 is 0. The van der Waals surface area contributed by atoms with Crippen molar-refractivity contribution in [2.45, 2.75) is 33.0 Å². The highest BCUT2D eigenvalue weighted by atomic mass is 19.4. The van der Waals surface area contributed by atoms with Gasteiger partial charge in [-0.2, -0.15) is 13.2 Å². The van der Waals surface area contributed by atoms with Crippen LogP contribution in [-0.4, -0.2) is 19.9 Å². The van der Waals surface area contributed by atoms with Gasteiger partial charge in [0.25, 0.3) is 0 Å². The van der Waals surface area contributed by atoms with Gasteiger partial charge in [0.2, 0.25) is 0 Å². The van der Waals surface area contributed by atoms with Crippen molar-refractivity contribution in [3.63, 3.8) is 0 Å². The highest BCUT2D eigenvalue weighted by Crippen LogP contribution is 2.35. The molecule has 1 atom stereocenters. The van der Waals surface area contributed by atoms with Crippen molar-refractivity contribution in [2.24, 2.45) is 0 Å². The second-order valence-electron chi connectivity index (χ2n) is 7.34. The summed E-state index contributed by atoms with van der Waals surface area (Å²) in [5.41, 5.74) is 2.36. The highest BCUT2D eigenvalue weighted by Gasteiger charge is 2.33. The molecule has 0 aliphatic heterocycles. The number of pyridine rings is 2. The Bertz CT molecular complexity index is 1240. The lowest BCUT2D eigenvalue weighted by Gasteiger charge is -2.21. The van der Waals surface area contributed by atoms with Gasteiger partial charge in [0.05, 0.1) is 17.0 Å². The van der Waals surface area contributed by atoms with Crippen LogP contribution in [0.5, 0.6) is 0 Å². The van der Waals surface area contributed by atoms with Gasteiger partial charge in [0.15, 0.2) is 5.65 Å². The fraction of sp³-hybridized carbons (Fsp3) is 0.217. The van der Waals surface area contributed by atoms with E-state index >= 15 is 0 Å². The van der Waals surface area contributed by atoms with Gasteiger partial charge in [-0.3, -0.25) is 4.98 Å². The molecule has 1 N–H and O–H groups in total. The van der Waals surface area contributed by atoms with Crippen molar-refractivity contribution in [1.29, 1.82) is 0 Å². The Morgan fingerprint density at radius 3 is 2.48 bits per heavy atom. The van der Waals surface area contributed by atoms with E-state index in [1.807, 2.05) is 25.1 Å². The Balaban J connectivity index is 1.76. The average molecular weight is 423 g/mol. The molecule has 0 unspecified atom stereocenters. The lowest BCUT2D eigenvalue weighted by atomic mass is 9.97. The molecule has 0 radical (unpaired) electrons. The molecule has 0 bridgehead atoms. The molecule has 0 aliphatic rings. The van der Waals surface area contributed by atoms with Crippen LogP contribution in [0.4, 0.5) is 19.0 Å². The molecule has 0 spiro atoms. The Labute approximate surface area is 177 Å². The third-order valence-corrected chi connectivity index (χ3v) is 5.16. The summed E-state index contributed by atoms with van der Waals surface area (Å²) in [6.45, 7) is 5.05. The van der Waals surface area contributed by atoms with E-state index in [0.29, 0.717) is 28.2 Å². The van der Waals surface area contributed by atoms with Gasteiger partial charge in [-0.15, -0.1) is 0 Å². The van der Waals surface area contributed by atoms with Crippen LogP contribution in [0.3, 0.4) is 0 Å². The third kappa shape index (κ3) is 4.19. The smallest absolute Gasteiger partial charge is 0.363 e. The summed E-state index contributed by atoms with van der Waals surface area (Å²) in [5, 5.41) is 3.95. The number of alkyl halides is 3. The molecule has 3 aromatic heterocycles. The van der Waals surface area contributed by atoms with Crippen molar-refractivity contribution < 1.29 is 13.2 Å². The van der Waals surface area contributed by atoms with Crippen LogP contribution in [0.25, 0.3) is 22.2 Å². The fourth-order valence-electron chi connectivity index (χ4n) is 3.64. The van der Waals surface area contributed by atoms with Gasteiger partial charge in [-0.25, -0.2) is 15.0 Å². The molecule has 0 fully saturated rings. The number of nitrogens with zero attached hydrogens (tertiary/aromatic N) is 4. The van der Waals surface area contributed by atoms with Crippen LogP contribution in [0.2, 0.25) is 0 Å². The molecule has 1 aromatic carbocycles. The summed E-state index contributed by atoms with van der Waals surface area (Å²) in [5.74, 6) is 1.04. The van der Waals surface area contributed by atoms with Crippen LogP contribution >= 0.6 is 0 Å². The number of aromatic nitrogens is 4. The maximum Gasteiger partial charge on any atom is 0.416 e. The Kier molecular flexibility index (Phi) is 5.31. The molecule has 158 valence electrons. The van der Waals surface area contributed by atoms with Gasteiger partial charge in [0, 0.05) is 29.7 Å².